The van der Waals surface area contributed by atoms with Gasteiger partial charge in [-0.25, -0.2) is 13.2 Å². The first-order valence-electron chi connectivity index (χ1n) is 2.86. The number of alkyl halides is 6. The number of aliphatic hydroxyl groups is 1. The van der Waals surface area contributed by atoms with Crippen LogP contribution in [0.15, 0.2) is 0 Å². The van der Waals surface area contributed by atoms with Gasteiger partial charge in [-0.1, -0.05) is 0 Å². The van der Waals surface area contributed by atoms with Crippen LogP contribution in [0.3, 0.4) is 0 Å². The van der Waals surface area contributed by atoms with Crippen molar-refractivity contribution in [3.63, 3.8) is 0 Å². The van der Waals surface area contributed by atoms with E-state index in [1.54, 1.807) is 0 Å². The predicted molar refractivity (Wildman–Crippen MR) is 27.6 cm³/mol. The van der Waals surface area contributed by atoms with Crippen molar-refractivity contribution in [2.75, 3.05) is 0 Å². The van der Waals surface area contributed by atoms with E-state index in [1.165, 1.54) is 0 Å². The maximum absolute atomic E-state index is 12.1. The van der Waals surface area contributed by atoms with Crippen molar-refractivity contribution in [1.82, 2.24) is 0 Å². The molecule has 7 heteroatoms. The Bertz CT molecular complexity index is 151. The number of rotatable bonds is 2. The Labute approximate surface area is 64.0 Å². The van der Waals surface area contributed by atoms with E-state index in [1.807, 2.05) is 0 Å². The molecule has 0 spiro atoms. The number of hydrogen-bond acceptors (Lipinski definition) is 1. The molecule has 1 N–H and O–H groups in total. The van der Waals surface area contributed by atoms with Crippen LogP contribution in [0.25, 0.3) is 0 Å². The summed E-state index contributed by atoms with van der Waals surface area (Å²) in [5.74, 6) is -4.79. The average molecular weight is 196 g/mol. The Kier molecular flexibility index (Phi) is 3.00. The van der Waals surface area contributed by atoms with Gasteiger partial charge in [-0.2, -0.15) is 13.2 Å². The normalized spacial score (nSPS) is 19.0. The maximum Gasteiger partial charge on any atom is 0.425 e. The van der Waals surface area contributed by atoms with E-state index in [-0.39, 0.29) is 0 Å². The van der Waals surface area contributed by atoms with Gasteiger partial charge in [-0.15, -0.1) is 0 Å². The molecule has 0 aromatic carbocycles. The average Bonchev–Trinajstić information content (AvgIpc) is 1.83. The highest BCUT2D eigenvalue weighted by Gasteiger charge is 2.59. The predicted octanol–water partition coefficient (Wildman–Crippen LogP) is 1.90. The molecule has 0 aromatic rings. The quantitative estimate of drug-likeness (QED) is 0.668. The van der Waals surface area contributed by atoms with E-state index in [0.29, 0.717) is 6.92 Å². The van der Waals surface area contributed by atoms with Crippen LogP contribution in [-0.4, -0.2) is 29.5 Å². The van der Waals surface area contributed by atoms with Crippen molar-refractivity contribution in [1.29, 1.82) is 0 Å². The molecule has 0 saturated carbocycles. The molecule has 0 rings (SSSR count). The molecule has 0 aliphatic heterocycles. The van der Waals surface area contributed by atoms with E-state index in [0.717, 1.165) is 0 Å². The number of halogens is 6. The van der Waals surface area contributed by atoms with Crippen molar-refractivity contribution >= 4 is 0 Å². The molecular formula is C5H6F6O. The minimum Gasteiger partial charge on any atom is -0.387 e. The lowest BCUT2D eigenvalue weighted by Gasteiger charge is -2.24. The highest BCUT2D eigenvalue weighted by Crippen LogP contribution is 2.36. The molecule has 0 radical (unpaired) electrons. The molecule has 0 aliphatic carbocycles. The Hall–Kier alpha value is -0.460. The van der Waals surface area contributed by atoms with Crippen LogP contribution < -0.4 is 0 Å². The van der Waals surface area contributed by atoms with E-state index in [9.17, 15) is 26.3 Å². The largest absolute Gasteiger partial charge is 0.425 e. The molecule has 0 unspecified atom stereocenters. The first kappa shape index (κ1) is 11.5. The van der Waals surface area contributed by atoms with Crippen molar-refractivity contribution in [3.05, 3.63) is 0 Å². The Balaban J connectivity index is 4.57. The van der Waals surface area contributed by atoms with E-state index in [2.05, 4.69) is 0 Å². The van der Waals surface area contributed by atoms with Crippen LogP contribution in [0.4, 0.5) is 26.3 Å². The summed E-state index contributed by atoms with van der Waals surface area (Å²) in [4.78, 5) is 0. The summed E-state index contributed by atoms with van der Waals surface area (Å²) in [5, 5.41) is 8.12. The molecule has 0 bridgehead atoms. The van der Waals surface area contributed by atoms with Crippen molar-refractivity contribution < 1.29 is 31.4 Å². The van der Waals surface area contributed by atoms with E-state index < -0.39 is 24.4 Å². The second-order valence-electron chi connectivity index (χ2n) is 2.25. The van der Waals surface area contributed by atoms with Crippen LogP contribution in [-0.2, 0) is 0 Å². The zero-order valence-electron chi connectivity index (χ0n) is 5.87. The number of hydrogen-bond donors (Lipinski definition) is 1. The first-order valence-corrected chi connectivity index (χ1v) is 2.86. The zero-order chi connectivity index (χ0) is 10.2. The van der Waals surface area contributed by atoms with Gasteiger partial charge in [0.15, 0.2) is 0 Å². The van der Waals surface area contributed by atoms with Gasteiger partial charge in [0.25, 0.3) is 6.17 Å². The molecule has 0 fully saturated rings. The highest BCUT2D eigenvalue weighted by molar-refractivity contribution is 4.86. The van der Waals surface area contributed by atoms with Crippen LogP contribution in [0, 0.1) is 0 Å². The molecule has 0 aliphatic rings. The molecule has 1 nitrogen and oxygen atoms in total. The van der Waals surface area contributed by atoms with Gasteiger partial charge in [-0.05, 0) is 6.92 Å². The van der Waals surface area contributed by atoms with Crippen molar-refractivity contribution in [3.8, 4) is 0 Å². The fraction of sp³-hybridized carbons (Fsp3) is 1.00. The minimum absolute atomic E-state index is 0.387. The summed E-state index contributed by atoms with van der Waals surface area (Å²) >= 11 is 0. The van der Waals surface area contributed by atoms with Crippen LogP contribution >= 0.6 is 0 Å². The molecule has 2 atom stereocenters. The fourth-order valence-corrected chi connectivity index (χ4v) is 0.430. The Morgan fingerprint density at radius 3 is 1.50 bits per heavy atom. The SMILES string of the molecule is C[C@@H](O)C(F)(F)[C@@H](F)C(F)(F)F. The van der Waals surface area contributed by atoms with Crippen molar-refractivity contribution in [2.24, 2.45) is 0 Å². The molecule has 0 aromatic heterocycles. The lowest BCUT2D eigenvalue weighted by Crippen LogP contribution is -2.48. The standard InChI is InChI=1S/C5H6F6O/c1-2(12)4(7,8)3(6)5(9,10)11/h2-3,12H,1H3/t2-,3-/m1/s1. The van der Waals surface area contributed by atoms with Gasteiger partial charge >= 0.3 is 12.1 Å². The van der Waals surface area contributed by atoms with Gasteiger partial charge in [0, 0.05) is 0 Å². The second-order valence-corrected chi connectivity index (χ2v) is 2.25. The van der Waals surface area contributed by atoms with E-state index in [4.69, 9.17) is 5.11 Å². The fourth-order valence-electron chi connectivity index (χ4n) is 0.430. The smallest absolute Gasteiger partial charge is 0.387 e. The second kappa shape index (κ2) is 3.12. The Morgan fingerprint density at radius 2 is 1.42 bits per heavy atom. The van der Waals surface area contributed by atoms with Gasteiger partial charge in [-0.3, -0.25) is 0 Å². The van der Waals surface area contributed by atoms with E-state index >= 15 is 0 Å². The third-order valence-electron chi connectivity index (χ3n) is 1.18. The molecule has 0 amide bonds. The topological polar surface area (TPSA) is 20.2 Å². The van der Waals surface area contributed by atoms with Gasteiger partial charge < -0.3 is 5.11 Å². The molecule has 0 heterocycles. The van der Waals surface area contributed by atoms with Crippen LogP contribution in [0.1, 0.15) is 6.92 Å². The maximum atomic E-state index is 12.1. The van der Waals surface area contributed by atoms with Crippen molar-refractivity contribution in [2.45, 2.75) is 31.3 Å². The monoisotopic (exact) mass is 196 g/mol. The third kappa shape index (κ3) is 2.26. The van der Waals surface area contributed by atoms with Gasteiger partial charge in [0.1, 0.15) is 6.10 Å². The summed E-state index contributed by atoms with van der Waals surface area (Å²) in [6.07, 6.45) is -12.7. The van der Waals surface area contributed by atoms with Crippen LogP contribution in [0.2, 0.25) is 0 Å². The summed E-state index contributed by atoms with van der Waals surface area (Å²) in [5.41, 5.74) is 0. The summed E-state index contributed by atoms with van der Waals surface area (Å²) in [6, 6.07) is 0. The molecular weight excluding hydrogens is 190 g/mol. The number of aliphatic hydroxyl groups excluding tert-OH is 1. The minimum atomic E-state index is -5.65. The highest BCUT2D eigenvalue weighted by atomic mass is 19.4. The lowest BCUT2D eigenvalue weighted by molar-refractivity contribution is -0.265. The molecule has 74 valence electrons. The molecule has 12 heavy (non-hydrogen) atoms. The van der Waals surface area contributed by atoms with Gasteiger partial charge in [0.05, 0.1) is 0 Å². The lowest BCUT2D eigenvalue weighted by atomic mass is 10.1. The molecule has 0 saturated heterocycles. The summed E-state index contributed by atoms with van der Waals surface area (Å²) in [6.45, 7) is 0.387. The zero-order valence-corrected chi connectivity index (χ0v) is 5.87. The third-order valence-corrected chi connectivity index (χ3v) is 1.18. The summed E-state index contributed by atoms with van der Waals surface area (Å²) < 4.78 is 70.1. The first-order chi connectivity index (χ1) is 5.10. The summed E-state index contributed by atoms with van der Waals surface area (Å²) in [7, 11) is 0. The van der Waals surface area contributed by atoms with Gasteiger partial charge in [0.2, 0.25) is 0 Å². The Morgan fingerprint density at radius 1 is 1.08 bits per heavy atom. The van der Waals surface area contributed by atoms with Crippen LogP contribution in [0.5, 0.6) is 0 Å².